The molecule has 0 radical (unpaired) electrons. The molecule has 2 N–H and O–H groups in total. The molecular formula is C11H11ClFN3. The van der Waals surface area contributed by atoms with E-state index in [0.717, 1.165) is 5.69 Å². The summed E-state index contributed by atoms with van der Waals surface area (Å²) in [6.45, 7) is 0.834. The van der Waals surface area contributed by atoms with Crippen molar-refractivity contribution in [3.05, 3.63) is 52.6 Å². The Morgan fingerprint density at radius 2 is 2.19 bits per heavy atom. The summed E-state index contributed by atoms with van der Waals surface area (Å²) in [5.41, 5.74) is 6.95. The second kappa shape index (κ2) is 4.63. The Balaban J connectivity index is 2.22. The number of hydrogen-bond acceptors (Lipinski definition) is 2. The fourth-order valence-electron chi connectivity index (χ4n) is 1.44. The molecule has 16 heavy (non-hydrogen) atoms. The predicted octanol–water partition coefficient (Wildman–Crippen LogP) is 2.18. The molecule has 0 aliphatic carbocycles. The second-order valence-corrected chi connectivity index (χ2v) is 3.85. The molecule has 0 aliphatic rings. The number of aromatic nitrogens is 2. The first-order valence-electron chi connectivity index (χ1n) is 4.85. The second-order valence-electron chi connectivity index (χ2n) is 3.44. The largest absolute Gasteiger partial charge is 0.325 e. The number of nitrogens with zero attached hydrogens (tertiary/aromatic N) is 2. The van der Waals surface area contributed by atoms with Gasteiger partial charge in [-0.3, -0.25) is 4.68 Å². The first-order valence-corrected chi connectivity index (χ1v) is 5.23. The molecule has 5 heteroatoms. The van der Waals surface area contributed by atoms with Crippen molar-refractivity contribution in [2.75, 3.05) is 0 Å². The number of halogens is 2. The topological polar surface area (TPSA) is 43.8 Å². The maximum Gasteiger partial charge on any atom is 0.123 e. The van der Waals surface area contributed by atoms with Gasteiger partial charge in [0.1, 0.15) is 5.82 Å². The highest BCUT2D eigenvalue weighted by Crippen LogP contribution is 2.17. The van der Waals surface area contributed by atoms with Gasteiger partial charge in [-0.05, 0) is 29.8 Å². The molecule has 0 unspecified atom stereocenters. The van der Waals surface area contributed by atoms with Crippen molar-refractivity contribution in [1.29, 1.82) is 0 Å². The third-order valence-electron chi connectivity index (χ3n) is 2.25. The summed E-state index contributed by atoms with van der Waals surface area (Å²) in [5, 5.41) is 4.74. The minimum Gasteiger partial charge on any atom is -0.325 e. The van der Waals surface area contributed by atoms with Gasteiger partial charge in [0.25, 0.3) is 0 Å². The first-order chi connectivity index (χ1) is 7.69. The van der Waals surface area contributed by atoms with Gasteiger partial charge in [0.15, 0.2) is 0 Å². The summed E-state index contributed by atoms with van der Waals surface area (Å²) in [7, 11) is 0. The third-order valence-corrected chi connectivity index (χ3v) is 2.61. The van der Waals surface area contributed by atoms with E-state index in [1.54, 1.807) is 16.9 Å². The minimum atomic E-state index is -0.300. The van der Waals surface area contributed by atoms with Crippen molar-refractivity contribution in [3.8, 4) is 0 Å². The van der Waals surface area contributed by atoms with Gasteiger partial charge < -0.3 is 5.73 Å². The Kier molecular flexibility index (Phi) is 3.22. The van der Waals surface area contributed by atoms with Crippen LogP contribution in [0.4, 0.5) is 4.39 Å². The number of hydrogen-bond donors (Lipinski definition) is 1. The fourth-order valence-corrected chi connectivity index (χ4v) is 1.62. The van der Waals surface area contributed by atoms with Gasteiger partial charge >= 0.3 is 0 Å². The van der Waals surface area contributed by atoms with E-state index in [-0.39, 0.29) is 5.82 Å². The quantitative estimate of drug-likeness (QED) is 0.892. The minimum absolute atomic E-state index is 0.300. The lowest BCUT2D eigenvalue weighted by Gasteiger charge is -2.04. The van der Waals surface area contributed by atoms with Crippen LogP contribution in [0.1, 0.15) is 11.3 Å². The van der Waals surface area contributed by atoms with E-state index in [1.807, 2.05) is 6.07 Å². The van der Waals surface area contributed by atoms with Crippen LogP contribution in [0.15, 0.2) is 30.5 Å². The lowest BCUT2D eigenvalue weighted by atomic mass is 10.2. The van der Waals surface area contributed by atoms with Crippen LogP contribution >= 0.6 is 11.6 Å². The molecule has 2 rings (SSSR count). The van der Waals surface area contributed by atoms with Crippen molar-refractivity contribution in [2.45, 2.75) is 13.1 Å². The Labute approximate surface area is 97.6 Å². The zero-order valence-electron chi connectivity index (χ0n) is 8.53. The molecule has 0 atom stereocenters. The molecule has 0 bridgehead atoms. The van der Waals surface area contributed by atoms with Crippen LogP contribution in [-0.4, -0.2) is 9.78 Å². The Morgan fingerprint density at radius 3 is 2.88 bits per heavy atom. The van der Waals surface area contributed by atoms with Crippen LogP contribution in [0.2, 0.25) is 5.02 Å². The molecule has 0 saturated carbocycles. The number of rotatable bonds is 3. The van der Waals surface area contributed by atoms with Gasteiger partial charge in [-0.25, -0.2) is 4.39 Å². The summed E-state index contributed by atoms with van der Waals surface area (Å²) in [5.74, 6) is -0.300. The molecule has 0 spiro atoms. The lowest BCUT2D eigenvalue weighted by molar-refractivity contribution is 0.618. The highest BCUT2D eigenvalue weighted by Gasteiger charge is 2.04. The van der Waals surface area contributed by atoms with Gasteiger partial charge in [-0.15, -0.1) is 0 Å². The van der Waals surface area contributed by atoms with Crippen LogP contribution in [0.5, 0.6) is 0 Å². The molecule has 1 aromatic heterocycles. The Bertz CT molecular complexity index is 496. The summed E-state index contributed by atoms with van der Waals surface area (Å²) < 4.78 is 14.7. The number of nitrogens with two attached hydrogens (primary N) is 1. The van der Waals surface area contributed by atoms with Crippen LogP contribution in [-0.2, 0) is 13.1 Å². The van der Waals surface area contributed by atoms with Crippen molar-refractivity contribution in [1.82, 2.24) is 9.78 Å². The van der Waals surface area contributed by atoms with Crippen molar-refractivity contribution in [2.24, 2.45) is 5.73 Å². The smallest absolute Gasteiger partial charge is 0.123 e. The highest BCUT2D eigenvalue weighted by molar-refractivity contribution is 6.31. The fraction of sp³-hybridized carbons (Fsp3) is 0.182. The normalized spacial score (nSPS) is 10.7. The molecule has 0 saturated heterocycles. The average molecular weight is 240 g/mol. The van der Waals surface area contributed by atoms with Crippen molar-refractivity contribution in [3.63, 3.8) is 0 Å². The molecule has 84 valence electrons. The van der Waals surface area contributed by atoms with Crippen LogP contribution in [0.25, 0.3) is 0 Å². The molecule has 0 aliphatic heterocycles. The van der Waals surface area contributed by atoms with Gasteiger partial charge in [-0.2, -0.15) is 5.10 Å². The summed E-state index contributed by atoms with van der Waals surface area (Å²) in [6.07, 6.45) is 1.80. The molecule has 2 aromatic rings. The SMILES string of the molecule is NCc1ccn(Cc2cc(F)ccc2Cl)n1. The molecule has 0 fully saturated rings. The third kappa shape index (κ3) is 2.40. The van der Waals surface area contributed by atoms with Gasteiger partial charge in [0.2, 0.25) is 0 Å². The van der Waals surface area contributed by atoms with E-state index in [0.29, 0.717) is 23.7 Å². The Morgan fingerprint density at radius 1 is 1.38 bits per heavy atom. The first kappa shape index (κ1) is 11.1. The molecule has 0 amide bonds. The lowest BCUT2D eigenvalue weighted by Crippen LogP contribution is -2.04. The zero-order chi connectivity index (χ0) is 11.5. The van der Waals surface area contributed by atoms with E-state index in [4.69, 9.17) is 17.3 Å². The Hall–Kier alpha value is -1.39. The average Bonchev–Trinajstić information content (AvgIpc) is 2.71. The van der Waals surface area contributed by atoms with E-state index in [1.165, 1.54) is 12.1 Å². The zero-order valence-corrected chi connectivity index (χ0v) is 9.28. The van der Waals surface area contributed by atoms with E-state index in [9.17, 15) is 4.39 Å². The van der Waals surface area contributed by atoms with E-state index in [2.05, 4.69) is 5.10 Å². The van der Waals surface area contributed by atoms with Crippen LogP contribution in [0, 0.1) is 5.82 Å². The highest BCUT2D eigenvalue weighted by atomic mass is 35.5. The molecular weight excluding hydrogens is 229 g/mol. The van der Waals surface area contributed by atoms with Crippen LogP contribution in [0.3, 0.4) is 0 Å². The van der Waals surface area contributed by atoms with Gasteiger partial charge in [0, 0.05) is 17.8 Å². The van der Waals surface area contributed by atoms with Gasteiger partial charge in [0.05, 0.1) is 12.2 Å². The van der Waals surface area contributed by atoms with E-state index < -0.39 is 0 Å². The molecule has 3 nitrogen and oxygen atoms in total. The standard InChI is InChI=1S/C11H11ClFN3/c12-11-2-1-9(13)5-8(11)7-16-4-3-10(6-14)15-16/h1-5H,6-7,14H2. The number of benzene rings is 1. The summed E-state index contributed by atoms with van der Waals surface area (Å²) >= 11 is 5.95. The van der Waals surface area contributed by atoms with Crippen LogP contribution < -0.4 is 5.73 Å². The molecule has 1 aromatic carbocycles. The molecule has 1 heterocycles. The summed E-state index contributed by atoms with van der Waals surface area (Å²) in [4.78, 5) is 0. The monoisotopic (exact) mass is 239 g/mol. The maximum absolute atomic E-state index is 13.0. The van der Waals surface area contributed by atoms with Crippen molar-refractivity contribution < 1.29 is 4.39 Å². The van der Waals surface area contributed by atoms with Gasteiger partial charge in [-0.1, -0.05) is 11.6 Å². The maximum atomic E-state index is 13.0. The van der Waals surface area contributed by atoms with E-state index >= 15 is 0 Å². The predicted molar refractivity (Wildman–Crippen MR) is 60.6 cm³/mol. The van der Waals surface area contributed by atoms with Crippen molar-refractivity contribution >= 4 is 11.6 Å². The summed E-state index contributed by atoms with van der Waals surface area (Å²) in [6, 6.07) is 6.11.